The van der Waals surface area contributed by atoms with Crippen LogP contribution in [0.4, 0.5) is 0 Å². The molecule has 0 atom stereocenters. The predicted octanol–water partition coefficient (Wildman–Crippen LogP) is 4.74. The lowest BCUT2D eigenvalue weighted by molar-refractivity contribution is -0.139. The minimum absolute atomic E-state index is 0.0787. The van der Waals surface area contributed by atoms with Gasteiger partial charge in [0.1, 0.15) is 5.75 Å². The Bertz CT molecular complexity index is 656. The SMILES string of the molecule is O=C(Oc1ccc(/C=C/c2ccncc2)cc1)C1CCCCC1. The summed E-state index contributed by atoms with van der Waals surface area (Å²) >= 11 is 0. The van der Waals surface area contributed by atoms with Crippen molar-refractivity contribution in [3.05, 3.63) is 59.9 Å². The van der Waals surface area contributed by atoms with E-state index in [9.17, 15) is 4.79 Å². The van der Waals surface area contributed by atoms with Crippen LogP contribution in [-0.2, 0) is 4.79 Å². The van der Waals surface area contributed by atoms with E-state index in [1.165, 1.54) is 6.42 Å². The van der Waals surface area contributed by atoms with Crippen LogP contribution < -0.4 is 4.74 Å². The van der Waals surface area contributed by atoms with Crippen LogP contribution in [0.25, 0.3) is 12.2 Å². The Balaban J connectivity index is 1.58. The van der Waals surface area contributed by atoms with Gasteiger partial charge in [0.2, 0.25) is 0 Å². The second-order valence-electron chi connectivity index (χ2n) is 5.94. The molecule has 3 heteroatoms. The van der Waals surface area contributed by atoms with E-state index in [0.717, 1.165) is 36.8 Å². The minimum Gasteiger partial charge on any atom is -0.426 e. The average Bonchev–Trinajstić information content (AvgIpc) is 2.63. The Kier molecular flexibility index (Phi) is 5.20. The number of ether oxygens (including phenoxy) is 1. The van der Waals surface area contributed by atoms with Gasteiger partial charge in [-0.15, -0.1) is 0 Å². The summed E-state index contributed by atoms with van der Waals surface area (Å²) in [7, 11) is 0. The van der Waals surface area contributed by atoms with Gasteiger partial charge < -0.3 is 4.74 Å². The standard InChI is InChI=1S/C20H21NO2/c22-20(18-4-2-1-3-5-18)23-19-10-8-16(9-11-19)6-7-17-12-14-21-15-13-17/h6-15,18H,1-5H2/b7-6+. The maximum Gasteiger partial charge on any atom is 0.314 e. The van der Waals surface area contributed by atoms with Gasteiger partial charge in [-0.05, 0) is 48.2 Å². The molecular formula is C20H21NO2. The minimum atomic E-state index is -0.0789. The molecule has 0 bridgehead atoms. The van der Waals surface area contributed by atoms with Crippen LogP contribution in [0.1, 0.15) is 43.2 Å². The molecule has 0 amide bonds. The van der Waals surface area contributed by atoms with Crippen molar-refractivity contribution in [3.63, 3.8) is 0 Å². The Morgan fingerprint density at radius 2 is 1.52 bits per heavy atom. The van der Waals surface area contributed by atoms with Crippen LogP contribution in [-0.4, -0.2) is 11.0 Å². The van der Waals surface area contributed by atoms with Crippen molar-refractivity contribution in [1.82, 2.24) is 4.98 Å². The second-order valence-corrected chi connectivity index (χ2v) is 5.94. The maximum absolute atomic E-state index is 12.1. The zero-order valence-electron chi connectivity index (χ0n) is 13.2. The second kappa shape index (κ2) is 7.73. The van der Waals surface area contributed by atoms with Crippen LogP contribution in [0, 0.1) is 5.92 Å². The first-order valence-electron chi connectivity index (χ1n) is 8.21. The number of rotatable bonds is 4. The third-order valence-electron chi connectivity index (χ3n) is 4.21. The summed E-state index contributed by atoms with van der Waals surface area (Å²) in [6.07, 6.45) is 13.0. The van der Waals surface area contributed by atoms with Crippen LogP contribution >= 0.6 is 0 Å². The van der Waals surface area contributed by atoms with Gasteiger partial charge in [-0.1, -0.05) is 43.5 Å². The zero-order chi connectivity index (χ0) is 15.9. The first kappa shape index (κ1) is 15.5. The lowest BCUT2D eigenvalue weighted by Gasteiger charge is -2.19. The topological polar surface area (TPSA) is 39.2 Å². The van der Waals surface area contributed by atoms with E-state index in [1.807, 2.05) is 48.6 Å². The highest BCUT2D eigenvalue weighted by Gasteiger charge is 2.22. The largest absolute Gasteiger partial charge is 0.426 e. The summed E-state index contributed by atoms with van der Waals surface area (Å²) < 4.78 is 5.50. The van der Waals surface area contributed by atoms with Crippen molar-refractivity contribution in [2.75, 3.05) is 0 Å². The fourth-order valence-corrected chi connectivity index (χ4v) is 2.85. The van der Waals surface area contributed by atoms with Crippen molar-refractivity contribution in [2.24, 2.45) is 5.92 Å². The Hall–Kier alpha value is -2.42. The third kappa shape index (κ3) is 4.52. The van der Waals surface area contributed by atoms with Crippen molar-refractivity contribution in [3.8, 4) is 5.75 Å². The molecule has 1 fully saturated rings. The van der Waals surface area contributed by atoms with E-state index in [2.05, 4.69) is 4.98 Å². The first-order chi connectivity index (χ1) is 11.3. The van der Waals surface area contributed by atoms with Crippen LogP contribution in [0.5, 0.6) is 5.75 Å². The fourth-order valence-electron chi connectivity index (χ4n) is 2.85. The smallest absolute Gasteiger partial charge is 0.314 e. The monoisotopic (exact) mass is 307 g/mol. The number of hydrogen-bond acceptors (Lipinski definition) is 3. The van der Waals surface area contributed by atoms with Gasteiger partial charge in [0.25, 0.3) is 0 Å². The lowest BCUT2D eigenvalue weighted by Crippen LogP contribution is -2.22. The number of hydrogen-bond donors (Lipinski definition) is 0. The number of carbonyl (C=O) groups excluding carboxylic acids is 1. The molecule has 1 aliphatic rings. The molecule has 118 valence electrons. The van der Waals surface area contributed by atoms with Crippen LogP contribution in [0.3, 0.4) is 0 Å². The van der Waals surface area contributed by atoms with Gasteiger partial charge >= 0.3 is 5.97 Å². The molecule has 1 aromatic heterocycles. The summed E-state index contributed by atoms with van der Waals surface area (Å²) in [5.74, 6) is 0.626. The fraction of sp³-hybridized carbons (Fsp3) is 0.300. The molecule has 2 aromatic rings. The summed E-state index contributed by atoms with van der Waals surface area (Å²) in [4.78, 5) is 16.1. The molecule has 3 nitrogen and oxygen atoms in total. The summed E-state index contributed by atoms with van der Waals surface area (Å²) in [6, 6.07) is 11.5. The van der Waals surface area contributed by atoms with Crippen molar-refractivity contribution in [2.45, 2.75) is 32.1 Å². The summed E-state index contributed by atoms with van der Waals surface area (Å²) in [5.41, 5.74) is 2.17. The molecule has 0 radical (unpaired) electrons. The molecule has 0 unspecified atom stereocenters. The van der Waals surface area contributed by atoms with E-state index in [1.54, 1.807) is 12.4 Å². The number of carbonyl (C=O) groups is 1. The Morgan fingerprint density at radius 1 is 0.913 bits per heavy atom. The molecule has 0 aliphatic heterocycles. The highest BCUT2D eigenvalue weighted by Crippen LogP contribution is 2.25. The molecule has 0 spiro atoms. The number of aromatic nitrogens is 1. The average molecular weight is 307 g/mol. The normalized spacial score (nSPS) is 15.7. The van der Waals surface area contributed by atoms with Gasteiger partial charge in [0, 0.05) is 12.4 Å². The Labute approximate surface area is 137 Å². The molecule has 1 aromatic carbocycles. The molecule has 1 heterocycles. The van der Waals surface area contributed by atoms with E-state index >= 15 is 0 Å². The highest BCUT2D eigenvalue weighted by atomic mass is 16.5. The molecular weight excluding hydrogens is 286 g/mol. The van der Waals surface area contributed by atoms with Gasteiger partial charge in [-0.3, -0.25) is 9.78 Å². The van der Waals surface area contributed by atoms with Crippen molar-refractivity contribution < 1.29 is 9.53 Å². The summed E-state index contributed by atoms with van der Waals surface area (Å²) in [5, 5.41) is 0. The molecule has 23 heavy (non-hydrogen) atoms. The quantitative estimate of drug-likeness (QED) is 0.605. The van der Waals surface area contributed by atoms with Crippen LogP contribution in [0.2, 0.25) is 0 Å². The van der Waals surface area contributed by atoms with Crippen LogP contribution in [0.15, 0.2) is 48.8 Å². The maximum atomic E-state index is 12.1. The summed E-state index contributed by atoms with van der Waals surface area (Å²) in [6.45, 7) is 0. The predicted molar refractivity (Wildman–Crippen MR) is 91.8 cm³/mol. The van der Waals surface area contributed by atoms with Crippen molar-refractivity contribution >= 4 is 18.1 Å². The highest BCUT2D eigenvalue weighted by molar-refractivity contribution is 5.75. The van der Waals surface area contributed by atoms with Gasteiger partial charge in [-0.2, -0.15) is 0 Å². The molecule has 1 saturated carbocycles. The third-order valence-corrected chi connectivity index (χ3v) is 4.21. The zero-order valence-corrected chi connectivity index (χ0v) is 13.2. The molecule has 0 saturated heterocycles. The molecule has 3 rings (SSSR count). The first-order valence-corrected chi connectivity index (χ1v) is 8.21. The lowest BCUT2D eigenvalue weighted by atomic mass is 9.89. The molecule has 1 aliphatic carbocycles. The van der Waals surface area contributed by atoms with E-state index in [0.29, 0.717) is 5.75 Å². The van der Waals surface area contributed by atoms with E-state index < -0.39 is 0 Å². The van der Waals surface area contributed by atoms with Gasteiger partial charge in [0.05, 0.1) is 5.92 Å². The Morgan fingerprint density at radius 3 is 2.17 bits per heavy atom. The van der Waals surface area contributed by atoms with Gasteiger partial charge in [0.15, 0.2) is 0 Å². The number of esters is 1. The number of benzene rings is 1. The van der Waals surface area contributed by atoms with Crippen molar-refractivity contribution in [1.29, 1.82) is 0 Å². The van der Waals surface area contributed by atoms with E-state index in [-0.39, 0.29) is 11.9 Å². The number of nitrogens with zero attached hydrogens (tertiary/aromatic N) is 1. The molecule has 0 N–H and O–H groups in total. The van der Waals surface area contributed by atoms with Gasteiger partial charge in [-0.25, -0.2) is 0 Å². The number of pyridine rings is 1. The van der Waals surface area contributed by atoms with E-state index in [4.69, 9.17) is 4.74 Å².